The van der Waals surface area contributed by atoms with E-state index < -0.39 is 37.0 Å². The van der Waals surface area contributed by atoms with E-state index >= 15 is 0 Å². The van der Waals surface area contributed by atoms with Crippen molar-refractivity contribution in [3.05, 3.63) is 35.9 Å². The van der Waals surface area contributed by atoms with Crippen molar-refractivity contribution in [2.75, 3.05) is 0 Å². The van der Waals surface area contributed by atoms with Gasteiger partial charge in [0.2, 0.25) is 0 Å². The molecule has 1 rings (SSSR count). The van der Waals surface area contributed by atoms with Crippen molar-refractivity contribution in [1.29, 1.82) is 0 Å². The lowest BCUT2D eigenvalue weighted by atomic mass is 9.94. The fourth-order valence-electron chi connectivity index (χ4n) is 1.62. The van der Waals surface area contributed by atoms with E-state index in [-0.39, 0.29) is 0 Å². The third kappa shape index (κ3) is 4.37. The van der Waals surface area contributed by atoms with Gasteiger partial charge in [-0.1, -0.05) is 30.3 Å². The molecule has 18 heavy (non-hydrogen) atoms. The average molecular weight is 262 g/mol. The van der Waals surface area contributed by atoms with E-state index in [9.17, 15) is 23.1 Å². The molecule has 0 aliphatic rings. The molecule has 2 N–H and O–H groups in total. The summed E-state index contributed by atoms with van der Waals surface area (Å²) in [6, 6.07) is 7.86. The van der Waals surface area contributed by atoms with Crippen LogP contribution in [0.25, 0.3) is 0 Å². The molecule has 0 bridgehead atoms. The molecular formula is C12H13F3O3. The molecule has 0 fully saturated rings. The summed E-state index contributed by atoms with van der Waals surface area (Å²) in [7, 11) is 0. The van der Waals surface area contributed by atoms with E-state index in [0.717, 1.165) is 0 Å². The first-order valence-electron chi connectivity index (χ1n) is 5.32. The second-order valence-electron chi connectivity index (χ2n) is 4.00. The van der Waals surface area contributed by atoms with Crippen LogP contribution in [0.15, 0.2) is 30.3 Å². The van der Waals surface area contributed by atoms with E-state index in [1.54, 1.807) is 18.2 Å². The van der Waals surface area contributed by atoms with Crippen molar-refractivity contribution in [3.63, 3.8) is 0 Å². The number of carbonyl (C=O) groups is 1. The van der Waals surface area contributed by atoms with Crippen molar-refractivity contribution < 1.29 is 28.2 Å². The van der Waals surface area contributed by atoms with Crippen LogP contribution in [0.3, 0.4) is 0 Å². The second-order valence-corrected chi connectivity index (χ2v) is 4.00. The summed E-state index contributed by atoms with van der Waals surface area (Å²) in [5, 5.41) is 18.1. The maximum absolute atomic E-state index is 12.6. The molecule has 0 spiro atoms. The van der Waals surface area contributed by atoms with E-state index in [1.807, 2.05) is 0 Å². The van der Waals surface area contributed by atoms with Gasteiger partial charge >= 0.3 is 12.1 Å². The van der Waals surface area contributed by atoms with Crippen molar-refractivity contribution in [3.8, 4) is 0 Å². The molecule has 1 aromatic rings. The van der Waals surface area contributed by atoms with Crippen LogP contribution in [0.4, 0.5) is 13.2 Å². The van der Waals surface area contributed by atoms with Crippen LogP contribution in [0, 0.1) is 5.92 Å². The van der Waals surface area contributed by atoms with Gasteiger partial charge in [0, 0.05) is 0 Å². The molecule has 100 valence electrons. The van der Waals surface area contributed by atoms with Crippen molar-refractivity contribution in [1.82, 2.24) is 0 Å². The zero-order valence-corrected chi connectivity index (χ0v) is 9.39. The van der Waals surface area contributed by atoms with Gasteiger partial charge in [0.1, 0.15) is 0 Å². The topological polar surface area (TPSA) is 57.5 Å². The highest BCUT2D eigenvalue weighted by Crippen LogP contribution is 2.35. The third-order valence-electron chi connectivity index (χ3n) is 2.58. The number of carboxylic acid groups (broad SMARTS) is 1. The summed E-state index contributed by atoms with van der Waals surface area (Å²) >= 11 is 0. The first-order valence-corrected chi connectivity index (χ1v) is 5.32. The van der Waals surface area contributed by atoms with Gasteiger partial charge in [-0.05, 0) is 12.0 Å². The van der Waals surface area contributed by atoms with Crippen LogP contribution in [0.1, 0.15) is 24.5 Å². The minimum atomic E-state index is -4.63. The highest BCUT2D eigenvalue weighted by Gasteiger charge is 2.41. The molecular weight excluding hydrogens is 249 g/mol. The van der Waals surface area contributed by atoms with Crippen LogP contribution >= 0.6 is 0 Å². The summed E-state index contributed by atoms with van der Waals surface area (Å²) in [6.45, 7) is 0. The molecule has 0 saturated heterocycles. The van der Waals surface area contributed by atoms with Crippen molar-refractivity contribution in [2.24, 2.45) is 5.92 Å². The predicted molar refractivity (Wildman–Crippen MR) is 57.8 cm³/mol. The largest absolute Gasteiger partial charge is 0.481 e. The Bertz CT molecular complexity index is 389. The molecule has 0 radical (unpaired) electrons. The summed E-state index contributed by atoms with van der Waals surface area (Å²) in [5.41, 5.74) is 0.345. The molecule has 3 nitrogen and oxygen atoms in total. The summed E-state index contributed by atoms with van der Waals surface area (Å²) in [4.78, 5) is 10.4. The average Bonchev–Trinajstić information content (AvgIpc) is 2.27. The number of aliphatic carboxylic acids is 1. The number of hydrogen-bond acceptors (Lipinski definition) is 2. The zero-order valence-electron chi connectivity index (χ0n) is 9.39. The molecule has 1 aromatic carbocycles. The van der Waals surface area contributed by atoms with Gasteiger partial charge in [0.05, 0.1) is 18.4 Å². The first kappa shape index (κ1) is 14.5. The number of alkyl halides is 3. The van der Waals surface area contributed by atoms with Gasteiger partial charge in [-0.25, -0.2) is 0 Å². The van der Waals surface area contributed by atoms with E-state index in [1.165, 1.54) is 12.1 Å². The Balaban J connectivity index is 2.75. The quantitative estimate of drug-likeness (QED) is 0.857. The smallest absolute Gasteiger partial charge is 0.392 e. The second kappa shape index (κ2) is 5.86. The first-order chi connectivity index (χ1) is 8.30. The maximum atomic E-state index is 12.6. The minimum Gasteiger partial charge on any atom is -0.481 e. The molecule has 6 heteroatoms. The number of aliphatic hydroxyl groups excluding tert-OH is 1. The SMILES string of the molecule is O=C(O)C[C@H](C[C@H](O)c1ccccc1)C(F)(F)F. The lowest BCUT2D eigenvalue weighted by Gasteiger charge is -2.21. The van der Waals surface area contributed by atoms with Crippen LogP contribution in [0.2, 0.25) is 0 Å². The Labute approximate surface area is 102 Å². The highest BCUT2D eigenvalue weighted by atomic mass is 19.4. The van der Waals surface area contributed by atoms with Gasteiger partial charge in [-0.2, -0.15) is 13.2 Å². The monoisotopic (exact) mass is 262 g/mol. The van der Waals surface area contributed by atoms with Crippen molar-refractivity contribution in [2.45, 2.75) is 25.1 Å². The molecule has 0 aliphatic heterocycles. The van der Waals surface area contributed by atoms with Crippen molar-refractivity contribution >= 4 is 5.97 Å². The van der Waals surface area contributed by atoms with Crippen LogP contribution < -0.4 is 0 Å². The minimum absolute atomic E-state index is 0.345. The van der Waals surface area contributed by atoms with E-state index in [2.05, 4.69) is 0 Å². The number of carboxylic acids is 1. The molecule has 2 atom stereocenters. The Morgan fingerprint density at radius 3 is 2.22 bits per heavy atom. The third-order valence-corrected chi connectivity index (χ3v) is 2.58. The number of rotatable bonds is 5. The van der Waals surface area contributed by atoms with Gasteiger partial charge < -0.3 is 10.2 Å². The van der Waals surface area contributed by atoms with Crippen LogP contribution in [-0.2, 0) is 4.79 Å². The van der Waals surface area contributed by atoms with Crippen LogP contribution in [-0.4, -0.2) is 22.4 Å². The number of hydrogen-bond donors (Lipinski definition) is 2. The van der Waals surface area contributed by atoms with E-state index in [4.69, 9.17) is 5.11 Å². The molecule has 0 saturated carbocycles. The molecule has 0 aromatic heterocycles. The Hall–Kier alpha value is -1.56. The van der Waals surface area contributed by atoms with E-state index in [0.29, 0.717) is 5.56 Å². The number of benzene rings is 1. The Kier molecular flexibility index (Phi) is 4.72. The summed E-state index contributed by atoms with van der Waals surface area (Å²) in [6.07, 6.45) is -7.64. The predicted octanol–water partition coefficient (Wildman–Crippen LogP) is 2.76. The van der Waals surface area contributed by atoms with Crippen LogP contribution in [0.5, 0.6) is 0 Å². The normalized spacial score (nSPS) is 15.1. The number of halogens is 3. The molecule has 0 aliphatic carbocycles. The highest BCUT2D eigenvalue weighted by molar-refractivity contribution is 5.67. The summed E-state index contributed by atoms with van der Waals surface area (Å²) in [5.74, 6) is -3.58. The molecule has 0 unspecified atom stereocenters. The Morgan fingerprint density at radius 2 is 1.78 bits per heavy atom. The fourth-order valence-corrected chi connectivity index (χ4v) is 1.62. The lowest BCUT2D eigenvalue weighted by Crippen LogP contribution is -2.27. The number of aliphatic hydroxyl groups is 1. The lowest BCUT2D eigenvalue weighted by molar-refractivity contribution is -0.189. The van der Waals surface area contributed by atoms with Gasteiger partial charge in [0.15, 0.2) is 0 Å². The van der Waals surface area contributed by atoms with Gasteiger partial charge in [0.25, 0.3) is 0 Å². The summed E-state index contributed by atoms with van der Waals surface area (Å²) < 4.78 is 37.7. The Morgan fingerprint density at radius 1 is 1.22 bits per heavy atom. The zero-order chi connectivity index (χ0) is 13.8. The molecule has 0 heterocycles. The maximum Gasteiger partial charge on any atom is 0.392 e. The van der Waals surface area contributed by atoms with Gasteiger partial charge in [-0.15, -0.1) is 0 Å². The standard InChI is InChI=1S/C12H13F3O3/c13-12(14,15)9(7-11(17)18)6-10(16)8-4-2-1-3-5-8/h1-5,9-10,16H,6-7H2,(H,17,18)/t9-,10-/m0/s1. The van der Waals surface area contributed by atoms with Gasteiger partial charge in [-0.3, -0.25) is 4.79 Å². The molecule has 0 amide bonds. The fraction of sp³-hybridized carbons (Fsp3) is 0.417.